The van der Waals surface area contributed by atoms with E-state index in [1.54, 1.807) is 29.2 Å². The van der Waals surface area contributed by atoms with Gasteiger partial charge in [0.15, 0.2) is 5.65 Å². The lowest BCUT2D eigenvalue weighted by molar-refractivity contribution is 0.0941. The number of benzene rings is 2. The summed E-state index contributed by atoms with van der Waals surface area (Å²) in [5.74, 6) is -0.182. The zero-order valence-electron chi connectivity index (χ0n) is 14.3. The monoisotopic (exact) mass is 342 g/mol. The minimum Gasteiger partial charge on any atom is -0.345 e. The molecule has 4 rings (SSSR count). The first kappa shape index (κ1) is 16.0. The van der Waals surface area contributed by atoms with Gasteiger partial charge in [-0.1, -0.05) is 54.6 Å². The minimum atomic E-state index is -0.182. The van der Waals surface area contributed by atoms with Crippen molar-refractivity contribution in [3.05, 3.63) is 90.4 Å². The number of carbonyl (C=O) groups is 1. The second-order valence-electron chi connectivity index (χ2n) is 6.13. The number of hydrogen-bond donors (Lipinski definition) is 1. The molecule has 26 heavy (non-hydrogen) atoms. The fraction of sp³-hybridized carbons (Fsp3) is 0.0952. The summed E-state index contributed by atoms with van der Waals surface area (Å²) < 4.78 is 1.59. The Labute approximate surface area is 151 Å². The van der Waals surface area contributed by atoms with Gasteiger partial charge in [-0.3, -0.25) is 4.79 Å². The molecule has 1 amide bonds. The van der Waals surface area contributed by atoms with Crippen LogP contribution < -0.4 is 5.32 Å². The first-order chi connectivity index (χ1) is 12.7. The van der Waals surface area contributed by atoms with Gasteiger partial charge < -0.3 is 5.32 Å². The van der Waals surface area contributed by atoms with E-state index in [0.717, 1.165) is 11.1 Å². The standard InChI is InChI=1S/C21H18N4O/c1-15(16-8-10-18(11-9-16)17-6-3-2-4-7-17)24-21(26)19-14-23-25-13-5-12-22-20(19)25/h2-15H,1H3,(H,24,26)/t15-/m0/s1. The molecule has 1 N–H and O–H groups in total. The summed E-state index contributed by atoms with van der Waals surface area (Å²) in [6, 6.07) is 20.1. The molecule has 0 aliphatic carbocycles. The number of carbonyl (C=O) groups excluding carboxylic acids is 1. The largest absolute Gasteiger partial charge is 0.345 e. The van der Waals surface area contributed by atoms with Gasteiger partial charge in [-0.25, -0.2) is 9.50 Å². The van der Waals surface area contributed by atoms with E-state index >= 15 is 0 Å². The third-order valence-corrected chi connectivity index (χ3v) is 4.39. The predicted octanol–water partition coefficient (Wildman–Crippen LogP) is 3.89. The number of aromatic nitrogens is 3. The van der Waals surface area contributed by atoms with E-state index in [1.165, 1.54) is 5.56 Å². The summed E-state index contributed by atoms with van der Waals surface area (Å²) in [5, 5.41) is 7.18. The minimum absolute atomic E-state index is 0.119. The number of amides is 1. The predicted molar refractivity (Wildman–Crippen MR) is 101 cm³/mol. The van der Waals surface area contributed by atoms with E-state index in [1.807, 2.05) is 37.3 Å². The molecule has 1 atom stereocenters. The first-order valence-electron chi connectivity index (χ1n) is 8.47. The van der Waals surface area contributed by atoms with Gasteiger partial charge in [-0.05, 0) is 29.7 Å². The van der Waals surface area contributed by atoms with Crippen molar-refractivity contribution in [1.29, 1.82) is 0 Å². The fourth-order valence-electron chi connectivity index (χ4n) is 2.94. The topological polar surface area (TPSA) is 59.3 Å². The molecule has 2 aromatic carbocycles. The van der Waals surface area contributed by atoms with Crippen molar-refractivity contribution in [1.82, 2.24) is 19.9 Å². The van der Waals surface area contributed by atoms with Crippen molar-refractivity contribution >= 4 is 11.6 Å². The van der Waals surface area contributed by atoms with Crippen LogP contribution >= 0.6 is 0 Å². The van der Waals surface area contributed by atoms with Gasteiger partial charge in [-0.15, -0.1) is 0 Å². The lowest BCUT2D eigenvalue weighted by Gasteiger charge is -2.14. The van der Waals surface area contributed by atoms with Gasteiger partial charge in [-0.2, -0.15) is 5.10 Å². The molecule has 0 aliphatic heterocycles. The maximum absolute atomic E-state index is 12.6. The van der Waals surface area contributed by atoms with Crippen molar-refractivity contribution in [3.8, 4) is 11.1 Å². The third-order valence-electron chi connectivity index (χ3n) is 4.39. The Morgan fingerprint density at radius 2 is 1.73 bits per heavy atom. The molecule has 0 saturated heterocycles. The van der Waals surface area contributed by atoms with Crippen molar-refractivity contribution in [3.63, 3.8) is 0 Å². The van der Waals surface area contributed by atoms with Crippen molar-refractivity contribution in [2.45, 2.75) is 13.0 Å². The van der Waals surface area contributed by atoms with Gasteiger partial charge in [0.1, 0.15) is 5.56 Å². The van der Waals surface area contributed by atoms with Crippen LogP contribution in [-0.4, -0.2) is 20.5 Å². The molecule has 0 fully saturated rings. The Bertz CT molecular complexity index is 1040. The number of hydrogen-bond acceptors (Lipinski definition) is 3. The average Bonchev–Trinajstić information content (AvgIpc) is 3.13. The quantitative estimate of drug-likeness (QED) is 0.612. The molecule has 4 aromatic rings. The van der Waals surface area contributed by atoms with Crippen LogP contribution in [0.25, 0.3) is 16.8 Å². The molecule has 2 heterocycles. The zero-order chi connectivity index (χ0) is 17.9. The van der Waals surface area contributed by atoms with Crippen LogP contribution in [0.2, 0.25) is 0 Å². The smallest absolute Gasteiger partial charge is 0.257 e. The lowest BCUT2D eigenvalue weighted by atomic mass is 10.0. The summed E-state index contributed by atoms with van der Waals surface area (Å²) in [6.45, 7) is 1.97. The van der Waals surface area contributed by atoms with Crippen LogP contribution in [0, 0.1) is 0 Å². The summed E-state index contributed by atoms with van der Waals surface area (Å²) >= 11 is 0. The van der Waals surface area contributed by atoms with Gasteiger partial charge >= 0.3 is 0 Å². The summed E-state index contributed by atoms with van der Waals surface area (Å²) in [7, 11) is 0. The van der Waals surface area contributed by atoms with Crippen molar-refractivity contribution < 1.29 is 4.79 Å². The van der Waals surface area contributed by atoms with Gasteiger partial charge in [0, 0.05) is 12.4 Å². The molecule has 5 heteroatoms. The van der Waals surface area contributed by atoms with Crippen LogP contribution in [0.3, 0.4) is 0 Å². The maximum atomic E-state index is 12.6. The van der Waals surface area contributed by atoms with E-state index in [4.69, 9.17) is 0 Å². The highest BCUT2D eigenvalue weighted by Gasteiger charge is 2.16. The summed E-state index contributed by atoms with van der Waals surface area (Å²) in [5.41, 5.74) is 4.39. The van der Waals surface area contributed by atoms with E-state index < -0.39 is 0 Å². The number of rotatable bonds is 4. The second-order valence-corrected chi connectivity index (χ2v) is 6.13. The molecular weight excluding hydrogens is 324 g/mol. The van der Waals surface area contributed by atoms with Crippen LogP contribution in [-0.2, 0) is 0 Å². The summed E-state index contributed by atoms with van der Waals surface area (Å²) in [6.07, 6.45) is 4.97. The van der Waals surface area contributed by atoms with E-state index in [2.05, 4.69) is 39.7 Å². The Morgan fingerprint density at radius 3 is 2.50 bits per heavy atom. The Hall–Kier alpha value is -3.47. The molecule has 0 aliphatic rings. The number of fused-ring (bicyclic) bond motifs is 1. The van der Waals surface area contributed by atoms with Crippen LogP contribution in [0.5, 0.6) is 0 Å². The molecule has 0 saturated carbocycles. The summed E-state index contributed by atoms with van der Waals surface area (Å²) in [4.78, 5) is 16.8. The van der Waals surface area contributed by atoms with Gasteiger partial charge in [0.25, 0.3) is 5.91 Å². The van der Waals surface area contributed by atoms with Crippen LogP contribution in [0.1, 0.15) is 28.9 Å². The van der Waals surface area contributed by atoms with Crippen LogP contribution in [0.15, 0.2) is 79.3 Å². The number of nitrogens with zero attached hydrogens (tertiary/aromatic N) is 3. The van der Waals surface area contributed by atoms with E-state index in [0.29, 0.717) is 11.2 Å². The van der Waals surface area contributed by atoms with Crippen LogP contribution in [0.4, 0.5) is 0 Å². The third kappa shape index (κ3) is 3.07. The molecule has 128 valence electrons. The molecule has 2 aromatic heterocycles. The van der Waals surface area contributed by atoms with E-state index in [-0.39, 0.29) is 11.9 Å². The van der Waals surface area contributed by atoms with E-state index in [9.17, 15) is 4.79 Å². The first-order valence-corrected chi connectivity index (χ1v) is 8.47. The molecule has 0 bridgehead atoms. The van der Waals surface area contributed by atoms with Gasteiger partial charge in [0.2, 0.25) is 0 Å². The van der Waals surface area contributed by atoms with Gasteiger partial charge in [0.05, 0.1) is 12.2 Å². The molecular formula is C21H18N4O. The SMILES string of the molecule is C[C@H](NC(=O)c1cnn2cccnc12)c1ccc(-c2ccccc2)cc1. The van der Waals surface area contributed by atoms with Crippen molar-refractivity contribution in [2.75, 3.05) is 0 Å². The number of nitrogens with one attached hydrogen (secondary N) is 1. The highest BCUT2D eigenvalue weighted by molar-refractivity contribution is 5.99. The second kappa shape index (κ2) is 6.80. The van der Waals surface area contributed by atoms with Crippen molar-refractivity contribution in [2.24, 2.45) is 0 Å². The Kier molecular flexibility index (Phi) is 4.19. The highest BCUT2D eigenvalue weighted by Crippen LogP contribution is 2.22. The average molecular weight is 342 g/mol. The maximum Gasteiger partial charge on any atom is 0.257 e. The lowest BCUT2D eigenvalue weighted by Crippen LogP contribution is -2.26. The normalized spacial score (nSPS) is 12.0. The fourth-order valence-corrected chi connectivity index (χ4v) is 2.94. The zero-order valence-corrected chi connectivity index (χ0v) is 14.3. The Morgan fingerprint density at radius 1 is 1.00 bits per heavy atom. The molecule has 0 spiro atoms. The molecule has 5 nitrogen and oxygen atoms in total. The molecule has 0 unspecified atom stereocenters. The molecule has 0 radical (unpaired) electrons. The highest BCUT2D eigenvalue weighted by atomic mass is 16.1. The Balaban J connectivity index is 1.51.